The van der Waals surface area contributed by atoms with Gasteiger partial charge in [-0.3, -0.25) is 0 Å². The summed E-state index contributed by atoms with van der Waals surface area (Å²) in [6.07, 6.45) is 6.28. The second-order valence-electron chi connectivity index (χ2n) is 3.59. The Labute approximate surface area is 77.5 Å². The van der Waals surface area contributed by atoms with Crippen molar-refractivity contribution < 1.29 is 4.52 Å². The van der Waals surface area contributed by atoms with Crippen molar-refractivity contribution in [3.05, 3.63) is 11.7 Å². The van der Waals surface area contributed by atoms with E-state index < -0.39 is 0 Å². The van der Waals surface area contributed by atoms with Crippen molar-refractivity contribution in [1.82, 2.24) is 10.1 Å². The van der Waals surface area contributed by atoms with Gasteiger partial charge in [0.2, 0.25) is 5.89 Å². The van der Waals surface area contributed by atoms with E-state index in [-0.39, 0.29) is 0 Å². The molecule has 1 saturated carbocycles. The smallest absolute Gasteiger partial charge is 0.229 e. The van der Waals surface area contributed by atoms with Crippen LogP contribution in [0.15, 0.2) is 4.52 Å². The lowest BCUT2D eigenvalue weighted by atomic mass is 9.89. The summed E-state index contributed by atoms with van der Waals surface area (Å²) in [5, 5.41) is 3.80. The van der Waals surface area contributed by atoms with E-state index in [1.807, 2.05) is 0 Å². The number of hydrogen-bond donors (Lipinski definition) is 1. The summed E-state index contributed by atoms with van der Waals surface area (Å²) < 4.78 is 5.15. The number of aromatic nitrogens is 2. The third-order valence-corrected chi connectivity index (χ3v) is 2.62. The van der Waals surface area contributed by atoms with Crippen molar-refractivity contribution in [2.24, 2.45) is 5.73 Å². The zero-order chi connectivity index (χ0) is 9.10. The lowest BCUT2D eigenvalue weighted by molar-refractivity contribution is 0.312. The molecule has 1 heterocycles. The first-order chi connectivity index (χ1) is 6.40. The minimum Gasteiger partial charge on any atom is -0.339 e. The molecule has 0 saturated heterocycles. The topological polar surface area (TPSA) is 64.9 Å². The fourth-order valence-corrected chi connectivity index (χ4v) is 1.87. The molecule has 1 aliphatic carbocycles. The number of nitrogens with zero attached hydrogens (tertiary/aromatic N) is 2. The van der Waals surface area contributed by atoms with Gasteiger partial charge in [0.25, 0.3) is 0 Å². The van der Waals surface area contributed by atoms with Crippen LogP contribution in [0.2, 0.25) is 0 Å². The van der Waals surface area contributed by atoms with Crippen LogP contribution < -0.4 is 5.73 Å². The monoisotopic (exact) mass is 181 g/mol. The van der Waals surface area contributed by atoms with Gasteiger partial charge in [-0.2, -0.15) is 4.98 Å². The second kappa shape index (κ2) is 3.87. The minimum atomic E-state index is 0.371. The van der Waals surface area contributed by atoms with Gasteiger partial charge in [-0.25, -0.2) is 0 Å². The number of nitrogens with two attached hydrogens (primary N) is 1. The van der Waals surface area contributed by atoms with Crippen LogP contribution in [0.5, 0.6) is 0 Å². The van der Waals surface area contributed by atoms with Crippen molar-refractivity contribution in [3.63, 3.8) is 0 Å². The predicted molar refractivity (Wildman–Crippen MR) is 48.0 cm³/mol. The third-order valence-electron chi connectivity index (χ3n) is 2.62. The normalized spacial score (nSPS) is 19.2. The molecule has 0 radical (unpaired) electrons. The molecule has 4 nitrogen and oxygen atoms in total. The first kappa shape index (κ1) is 8.69. The predicted octanol–water partition coefficient (Wildman–Crippen LogP) is 1.58. The Morgan fingerprint density at radius 3 is 2.69 bits per heavy atom. The average molecular weight is 181 g/mol. The molecule has 0 aliphatic heterocycles. The Balaban J connectivity index is 2.05. The van der Waals surface area contributed by atoms with Gasteiger partial charge in [-0.1, -0.05) is 24.4 Å². The van der Waals surface area contributed by atoms with E-state index in [1.54, 1.807) is 0 Å². The molecule has 0 spiro atoms. The Morgan fingerprint density at radius 2 is 2.08 bits per heavy atom. The molecule has 0 atom stereocenters. The highest BCUT2D eigenvalue weighted by molar-refractivity contribution is 4.94. The highest BCUT2D eigenvalue weighted by atomic mass is 16.5. The highest BCUT2D eigenvalue weighted by Crippen LogP contribution is 2.31. The molecule has 1 aliphatic rings. The maximum Gasteiger partial charge on any atom is 0.229 e. The molecular formula is C9H15N3O. The van der Waals surface area contributed by atoms with Crippen LogP contribution in [0.25, 0.3) is 0 Å². The van der Waals surface area contributed by atoms with Crippen LogP contribution >= 0.6 is 0 Å². The summed E-state index contributed by atoms with van der Waals surface area (Å²) in [6, 6.07) is 0. The molecule has 4 heteroatoms. The van der Waals surface area contributed by atoms with E-state index >= 15 is 0 Å². The molecule has 1 aromatic heterocycles. The van der Waals surface area contributed by atoms with E-state index in [0.717, 1.165) is 5.89 Å². The van der Waals surface area contributed by atoms with Gasteiger partial charge in [-0.15, -0.1) is 0 Å². The van der Waals surface area contributed by atoms with Gasteiger partial charge in [0.05, 0.1) is 6.54 Å². The van der Waals surface area contributed by atoms with Gasteiger partial charge < -0.3 is 10.3 Å². The zero-order valence-electron chi connectivity index (χ0n) is 7.70. The standard InChI is InChI=1S/C9H15N3O/c10-6-8-11-9(13-12-8)7-4-2-1-3-5-7/h7H,1-6,10H2. The van der Waals surface area contributed by atoms with Crippen LogP contribution in [0.1, 0.15) is 49.7 Å². The van der Waals surface area contributed by atoms with E-state index in [2.05, 4.69) is 10.1 Å². The molecule has 2 rings (SSSR count). The fraction of sp³-hybridized carbons (Fsp3) is 0.778. The molecule has 2 N–H and O–H groups in total. The Bertz CT molecular complexity index is 266. The van der Waals surface area contributed by atoms with Crippen molar-refractivity contribution in [2.45, 2.75) is 44.6 Å². The van der Waals surface area contributed by atoms with E-state index in [1.165, 1.54) is 32.1 Å². The summed E-state index contributed by atoms with van der Waals surface area (Å²) in [5.41, 5.74) is 5.41. The van der Waals surface area contributed by atoms with Crippen LogP contribution in [-0.4, -0.2) is 10.1 Å². The van der Waals surface area contributed by atoms with Crippen LogP contribution in [0.4, 0.5) is 0 Å². The van der Waals surface area contributed by atoms with Crippen molar-refractivity contribution in [1.29, 1.82) is 0 Å². The maximum atomic E-state index is 5.41. The van der Waals surface area contributed by atoms with Gasteiger partial charge in [0.15, 0.2) is 5.82 Å². The first-order valence-corrected chi connectivity index (χ1v) is 4.92. The SMILES string of the molecule is NCc1noc(C2CCCCC2)n1. The molecule has 13 heavy (non-hydrogen) atoms. The van der Waals surface area contributed by atoms with E-state index in [9.17, 15) is 0 Å². The first-order valence-electron chi connectivity index (χ1n) is 4.92. The van der Waals surface area contributed by atoms with Gasteiger partial charge in [-0.05, 0) is 12.8 Å². The fourth-order valence-electron chi connectivity index (χ4n) is 1.87. The molecular weight excluding hydrogens is 166 g/mol. The number of rotatable bonds is 2. The summed E-state index contributed by atoms with van der Waals surface area (Å²) in [6.45, 7) is 0.371. The van der Waals surface area contributed by atoms with Gasteiger partial charge in [0.1, 0.15) is 0 Å². The Hall–Kier alpha value is -0.900. The van der Waals surface area contributed by atoms with E-state index in [0.29, 0.717) is 18.3 Å². The Morgan fingerprint density at radius 1 is 1.31 bits per heavy atom. The van der Waals surface area contributed by atoms with Crippen molar-refractivity contribution in [3.8, 4) is 0 Å². The molecule has 0 amide bonds. The van der Waals surface area contributed by atoms with Crippen molar-refractivity contribution in [2.75, 3.05) is 0 Å². The van der Waals surface area contributed by atoms with Gasteiger partial charge >= 0.3 is 0 Å². The summed E-state index contributed by atoms with van der Waals surface area (Å²) in [7, 11) is 0. The van der Waals surface area contributed by atoms with Gasteiger partial charge in [0, 0.05) is 5.92 Å². The number of hydrogen-bond acceptors (Lipinski definition) is 4. The summed E-state index contributed by atoms with van der Waals surface area (Å²) >= 11 is 0. The zero-order valence-corrected chi connectivity index (χ0v) is 7.70. The minimum absolute atomic E-state index is 0.371. The lowest BCUT2D eigenvalue weighted by Gasteiger charge is -2.17. The third kappa shape index (κ3) is 1.88. The average Bonchev–Trinajstić information content (AvgIpc) is 2.67. The highest BCUT2D eigenvalue weighted by Gasteiger charge is 2.20. The molecule has 1 aromatic rings. The van der Waals surface area contributed by atoms with Crippen molar-refractivity contribution >= 4 is 0 Å². The summed E-state index contributed by atoms with van der Waals surface area (Å²) in [4.78, 5) is 4.25. The van der Waals surface area contributed by atoms with Crippen LogP contribution in [0.3, 0.4) is 0 Å². The summed E-state index contributed by atoms with van der Waals surface area (Å²) in [5.74, 6) is 1.90. The molecule has 0 bridgehead atoms. The quantitative estimate of drug-likeness (QED) is 0.752. The lowest BCUT2D eigenvalue weighted by Crippen LogP contribution is -2.05. The largest absolute Gasteiger partial charge is 0.339 e. The molecule has 0 aromatic carbocycles. The second-order valence-corrected chi connectivity index (χ2v) is 3.59. The molecule has 72 valence electrons. The van der Waals surface area contributed by atoms with Crippen LogP contribution in [-0.2, 0) is 6.54 Å². The molecule has 0 unspecified atom stereocenters. The Kier molecular flexibility index (Phi) is 2.59. The van der Waals surface area contributed by atoms with E-state index in [4.69, 9.17) is 10.3 Å². The molecule has 1 fully saturated rings. The van der Waals surface area contributed by atoms with Crippen LogP contribution in [0, 0.1) is 0 Å². The maximum absolute atomic E-state index is 5.41.